The minimum Gasteiger partial charge on any atom is -0.353 e. The van der Waals surface area contributed by atoms with Gasteiger partial charge < -0.3 is 11.1 Å². The smallest absolute Gasteiger partial charge is 0.221 e. The third kappa shape index (κ3) is 4.71. The fourth-order valence-electron chi connectivity index (χ4n) is 2.55. The van der Waals surface area contributed by atoms with Crippen LogP contribution in [0.3, 0.4) is 0 Å². The highest BCUT2D eigenvalue weighted by molar-refractivity contribution is 5.85. The van der Waals surface area contributed by atoms with Crippen molar-refractivity contribution in [2.24, 2.45) is 17.6 Å². The van der Waals surface area contributed by atoms with E-state index in [-0.39, 0.29) is 18.3 Å². The van der Waals surface area contributed by atoms with Crippen LogP contribution in [0, 0.1) is 11.8 Å². The van der Waals surface area contributed by atoms with Gasteiger partial charge in [-0.25, -0.2) is 0 Å². The predicted octanol–water partition coefficient (Wildman–Crippen LogP) is 2.09. The number of nitrogens with one attached hydrogen (secondary N) is 1. The molecule has 1 aliphatic carbocycles. The highest BCUT2D eigenvalue weighted by atomic mass is 35.5. The summed E-state index contributed by atoms with van der Waals surface area (Å²) < 4.78 is 0. The number of hydrogen-bond donors (Lipinski definition) is 2. The van der Waals surface area contributed by atoms with E-state index in [1.165, 1.54) is 19.3 Å². The number of nitrogens with two attached hydrogens (primary N) is 1. The van der Waals surface area contributed by atoms with E-state index in [4.69, 9.17) is 5.73 Å². The van der Waals surface area contributed by atoms with E-state index in [9.17, 15) is 4.79 Å². The third-order valence-corrected chi connectivity index (χ3v) is 3.39. The molecule has 0 bridgehead atoms. The van der Waals surface area contributed by atoms with Gasteiger partial charge >= 0.3 is 0 Å². The summed E-state index contributed by atoms with van der Waals surface area (Å²) in [5.74, 6) is 1.43. The Hall–Kier alpha value is -0.280. The van der Waals surface area contributed by atoms with Gasteiger partial charge in [-0.3, -0.25) is 4.79 Å². The van der Waals surface area contributed by atoms with E-state index in [1.807, 2.05) is 0 Å². The zero-order valence-electron chi connectivity index (χ0n) is 10.4. The molecular weight excluding hydrogens is 224 g/mol. The van der Waals surface area contributed by atoms with Crippen LogP contribution in [-0.2, 0) is 4.79 Å². The van der Waals surface area contributed by atoms with Crippen molar-refractivity contribution >= 4 is 18.3 Å². The molecule has 1 fully saturated rings. The highest BCUT2D eigenvalue weighted by Crippen LogP contribution is 2.30. The normalized spacial score (nSPS) is 25.0. The summed E-state index contributed by atoms with van der Waals surface area (Å²) in [6, 6.07) is 0.387. The molecule has 0 radical (unpaired) electrons. The molecule has 1 aliphatic rings. The number of carbonyl (C=O) groups excluding carboxylic acids is 1. The molecule has 4 heteroatoms. The summed E-state index contributed by atoms with van der Waals surface area (Å²) in [5, 5.41) is 3.13. The molecule has 0 aliphatic heterocycles. The average Bonchev–Trinajstić information content (AvgIpc) is 2.18. The van der Waals surface area contributed by atoms with Crippen LogP contribution < -0.4 is 11.1 Å². The summed E-state index contributed by atoms with van der Waals surface area (Å²) in [6.07, 6.45) is 5.41. The second-order valence-corrected chi connectivity index (χ2v) is 4.91. The lowest BCUT2D eigenvalue weighted by molar-refractivity contribution is -0.122. The molecule has 2 atom stereocenters. The third-order valence-electron chi connectivity index (χ3n) is 3.39. The summed E-state index contributed by atoms with van der Waals surface area (Å²) in [7, 11) is 0. The van der Waals surface area contributed by atoms with Crippen molar-refractivity contribution in [3.05, 3.63) is 0 Å². The van der Waals surface area contributed by atoms with Gasteiger partial charge in [0, 0.05) is 19.0 Å². The second kappa shape index (κ2) is 7.91. The van der Waals surface area contributed by atoms with Gasteiger partial charge in [0.25, 0.3) is 0 Å². The fourth-order valence-corrected chi connectivity index (χ4v) is 2.55. The molecule has 0 aromatic rings. The van der Waals surface area contributed by atoms with Crippen LogP contribution >= 0.6 is 12.4 Å². The predicted molar refractivity (Wildman–Crippen MR) is 69.6 cm³/mol. The van der Waals surface area contributed by atoms with Crippen molar-refractivity contribution in [2.75, 3.05) is 6.54 Å². The number of rotatable bonds is 4. The van der Waals surface area contributed by atoms with Gasteiger partial charge in [-0.05, 0) is 24.7 Å². The van der Waals surface area contributed by atoms with E-state index in [1.54, 1.807) is 0 Å². The monoisotopic (exact) mass is 248 g/mol. The van der Waals surface area contributed by atoms with Gasteiger partial charge in [0.15, 0.2) is 0 Å². The van der Waals surface area contributed by atoms with Crippen LogP contribution in [0.25, 0.3) is 0 Å². The Balaban J connectivity index is 0.00000225. The van der Waals surface area contributed by atoms with Crippen LogP contribution in [0.1, 0.15) is 46.0 Å². The molecule has 3 nitrogen and oxygen atoms in total. The van der Waals surface area contributed by atoms with Gasteiger partial charge in [0.05, 0.1) is 0 Å². The molecule has 1 amide bonds. The molecule has 1 saturated carbocycles. The molecule has 0 aromatic carbocycles. The standard InChI is InChI=1S/C12H24N2O.ClH/c1-9(2)10-5-3-4-6-11(10)14-12(15)7-8-13;/h9-11H,3-8,13H2,1-2H3,(H,14,15);1H. The maximum Gasteiger partial charge on any atom is 0.221 e. The van der Waals surface area contributed by atoms with Crippen molar-refractivity contribution in [2.45, 2.75) is 52.0 Å². The zero-order valence-corrected chi connectivity index (χ0v) is 11.2. The molecule has 96 valence electrons. The van der Waals surface area contributed by atoms with Crippen molar-refractivity contribution in [3.63, 3.8) is 0 Å². The molecule has 0 aromatic heterocycles. The van der Waals surface area contributed by atoms with E-state index in [0.29, 0.717) is 30.8 Å². The second-order valence-electron chi connectivity index (χ2n) is 4.91. The highest BCUT2D eigenvalue weighted by Gasteiger charge is 2.28. The first-order valence-corrected chi connectivity index (χ1v) is 6.14. The maximum atomic E-state index is 11.5. The van der Waals surface area contributed by atoms with Crippen LogP contribution in [0.2, 0.25) is 0 Å². The molecule has 0 saturated heterocycles. The number of amides is 1. The topological polar surface area (TPSA) is 55.1 Å². The van der Waals surface area contributed by atoms with Crippen molar-refractivity contribution in [1.82, 2.24) is 5.32 Å². The minimum absolute atomic E-state index is 0. The quantitative estimate of drug-likeness (QED) is 0.801. The van der Waals surface area contributed by atoms with E-state index < -0.39 is 0 Å². The van der Waals surface area contributed by atoms with E-state index in [0.717, 1.165) is 6.42 Å². The molecule has 1 rings (SSSR count). The Kier molecular flexibility index (Phi) is 7.77. The minimum atomic E-state index is 0. The first-order valence-electron chi connectivity index (χ1n) is 6.14. The number of carbonyl (C=O) groups is 1. The summed E-state index contributed by atoms with van der Waals surface area (Å²) in [6.45, 7) is 4.95. The van der Waals surface area contributed by atoms with Crippen molar-refractivity contribution in [3.8, 4) is 0 Å². The summed E-state index contributed by atoms with van der Waals surface area (Å²) in [4.78, 5) is 11.5. The van der Waals surface area contributed by atoms with Gasteiger partial charge in [0.2, 0.25) is 5.91 Å². The number of hydrogen-bond acceptors (Lipinski definition) is 2. The molecular formula is C12H25ClN2O. The Bertz CT molecular complexity index is 209. The Morgan fingerprint density at radius 1 is 1.38 bits per heavy atom. The van der Waals surface area contributed by atoms with Gasteiger partial charge in [-0.15, -0.1) is 12.4 Å². The van der Waals surface area contributed by atoms with Crippen molar-refractivity contribution in [1.29, 1.82) is 0 Å². The Morgan fingerprint density at radius 2 is 2.00 bits per heavy atom. The van der Waals surface area contributed by atoms with Crippen molar-refractivity contribution < 1.29 is 4.79 Å². The largest absolute Gasteiger partial charge is 0.353 e. The number of halogens is 1. The summed E-state index contributed by atoms with van der Waals surface area (Å²) in [5.41, 5.74) is 5.37. The molecule has 16 heavy (non-hydrogen) atoms. The maximum absolute atomic E-state index is 11.5. The lowest BCUT2D eigenvalue weighted by Gasteiger charge is -2.34. The van der Waals surface area contributed by atoms with Crippen LogP contribution in [0.5, 0.6) is 0 Å². The van der Waals surface area contributed by atoms with Crippen LogP contribution in [-0.4, -0.2) is 18.5 Å². The first kappa shape index (κ1) is 15.7. The lowest BCUT2D eigenvalue weighted by atomic mass is 9.78. The SMILES string of the molecule is CC(C)C1CCCCC1NC(=O)CCN.Cl. The average molecular weight is 249 g/mol. The zero-order chi connectivity index (χ0) is 11.3. The Labute approximate surface area is 105 Å². The van der Waals surface area contributed by atoms with Gasteiger partial charge in [-0.1, -0.05) is 26.7 Å². The van der Waals surface area contributed by atoms with E-state index in [2.05, 4.69) is 19.2 Å². The summed E-state index contributed by atoms with van der Waals surface area (Å²) >= 11 is 0. The molecule has 0 spiro atoms. The van der Waals surface area contributed by atoms with Gasteiger partial charge in [-0.2, -0.15) is 0 Å². The molecule has 0 heterocycles. The fraction of sp³-hybridized carbons (Fsp3) is 0.917. The van der Waals surface area contributed by atoms with Gasteiger partial charge in [0.1, 0.15) is 0 Å². The lowest BCUT2D eigenvalue weighted by Crippen LogP contribution is -2.44. The molecule has 2 unspecified atom stereocenters. The molecule has 3 N–H and O–H groups in total. The first-order chi connectivity index (χ1) is 7.15. The van der Waals surface area contributed by atoms with Crippen LogP contribution in [0.4, 0.5) is 0 Å². The van der Waals surface area contributed by atoms with Crippen LogP contribution in [0.15, 0.2) is 0 Å². The Morgan fingerprint density at radius 3 is 2.56 bits per heavy atom. The van der Waals surface area contributed by atoms with E-state index >= 15 is 0 Å².